The van der Waals surface area contributed by atoms with Crippen LogP contribution in [0, 0.1) is 11.8 Å². The molecule has 2 aromatic heterocycles. The molecule has 0 spiro atoms. The fraction of sp³-hybridized carbons (Fsp3) is 0.115. The maximum absolute atomic E-state index is 12.5. The SMILES string of the molecule is CN(C(=O)C#Cc1ccccc1)c1cccc(CNC(=S)NCc2ccnc3[nH]ccc23)c1. The highest BCUT2D eigenvalue weighted by Crippen LogP contribution is 2.16. The number of hydrogen-bond acceptors (Lipinski definition) is 3. The Morgan fingerprint density at radius 2 is 1.88 bits per heavy atom. The van der Waals surface area contributed by atoms with E-state index in [4.69, 9.17) is 12.2 Å². The maximum atomic E-state index is 12.5. The van der Waals surface area contributed by atoms with Gasteiger partial charge in [0.25, 0.3) is 0 Å². The molecule has 0 aliphatic heterocycles. The molecule has 0 atom stereocenters. The van der Waals surface area contributed by atoms with Crippen molar-refractivity contribution < 1.29 is 4.79 Å². The van der Waals surface area contributed by atoms with Crippen molar-refractivity contribution in [2.75, 3.05) is 11.9 Å². The molecular weight excluding hydrogens is 430 g/mol. The Morgan fingerprint density at radius 3 is 2.73 bits per heavy atom. The standard InChI is InChI=1S/C26H23N5OS/c1-31(24(32)11-10-19-6-3-2-4-7-19)22-9-5-8-20(16-22)17-29-26(33)30-18-21-12-14-27-25-23(21)13-15-28-25/h2-9,12-16H,17-18H2,1H3,(H,27,28)(H2,29,30,33). The molecule has 164 valence electrons. The summed E-state index contributed by atoms with van der Waals surface area (Å²) in [4.78, 5) is 21.4. The predicted octanol–water partition coefficient (Wildman–Crippen LogP) is 3.74. The summed E-state index contributed by atoms with van der Waals surface area (Å²) in [6.45, 7) is 1.13. The van der Waals surface area contributed by atoms with Gasteiger partial charge in [0.1, 0.15) is 5.65 Å². The zero-order valence-corrected chi connectivity index (χ0v) is 18.9. The van der Waals surface area contributed by atoms with E-state index in [-0.39, 0.29) is 5.91 Å². The van der Waals surface area contributed by atoms with E-state index in [1.807, 2.05) is 72.9 Å². The molecule has 0 saturated carbocycles. The lowest BCUT2D eigenvalue weighted by Crippen LogP contribution is -2.34. The molecule has 33 heavy (non-hydrogen) atoms. The lowest BCUT2D eigenvalue weighted by atomic mass is 10.2. The summed E-state index contributed by atoms with van der Waals surface area (Å²) >= 11 is 5.43. The Labute approximate surface area is 198 Å². The lowest BCUT2D eigenvalue weighted by molar-refractivity contribution is -0.113. The first-order valence-corrected chi connectivity index (χ1v) is 10.9. The molecule has 0 radical (unpaired) electrons. The second kappa shape index (κ2) is 10.4. The summed E-state index contributed by atoms with van der Waals surface area (Å²) < 4.78 is 0. The number of fused-ring (bicyclic) bond motifs is 1. The molecule has 0 bridgehead atoms. The summed E-state index contributed by atoms with van der Waals surface area (Å²) in [6, 6.07) is 21.2. The lowest BCUT2D eigenvalue weighted by Gasteiger charge is -2.16. The number of pyridine rings is 1. The quantitative estimate of drug-likeness (QED) is 0.317. The van der Waals surface area contributed by atoms with Gasteiger partial charge in [-0.2, -0.15) is 0 Å². The Hall–Kier alpha value is -4.15. The van der Waals surface area contributed by atoms with Crippen LogP contribution in [-0.4, -0.2) is 28.0 Å². The van der Waals surface area contributed by atoms with Gasteiger partial charge in [-0.25, -0.2) is 4.98 Å². The van der Waals surface area contributed by atoms with Gasteiger partial charge in [0.15, 0.2) is 5.11 Å². The molecule has 0 unspecified atom stereocenters. The van der Waals surface area contributed by atoms with Gasteiger partial charge in [-0.3, -0.25) is 4.79 Å². The highest BCUT2D eigenvalue weighted by molar-refractivity contribution is 7.80. The van der Waals surface area contributed by atoms with Crippen LogP contribution in [0.25, 0.3) is 11.0 Å². The number of aromatic nitrogens is 2. The molecule has 2 heterocycles. The molecule has 4 rings (SSSR count). The van der Waals surface area contributed by atoms with Crippen molar-refractivity contribution in [2.24, 2.45) is 0 Å². The van der Waals surface area contributed by atoms with Crippen molar-refractivity contribution in [1.82, 2.24) is 20.6 Å². The Bertz CT molecular complexity index is 1340. The van der Waals surface area contributed by atoms with Crippen molar-refractivity contribution in [3.8, 4) is 11.8 Å². The van der Waals surface area contributed by atoms with E-state index in [0.29, 0.717) is 18.2 Å². The van der Waals surface area contributed by atoms with Gasteiger partial charge in [-0.15, -0.1) is 0 Å². The van der Waals surface area contributed by atoms with E-state index in [1.54, 1.807) is 18.1 Å². The summed E-state index contributed by atoms with van der Waals surface area (Å²) in [5.74, 6) is 5.33. The van der Waals surface area contributed by atoms with Crippen molar-refractivity contribution in [1.29, 1.82) is 0 Å². The first-order chi connectivity index (χ1) is 16.1. The highest BCUT2D eigenvalue weighted by atomic mass is 32.1. The van der Waals surface area contributed by atoms with Crippen LogP contribution in [0.2, 0.25) is 0 Å². The van der Waals surface area contributed by atoms with Crippen LogP contribution < -0.4 is 15.5 Å². The second-order valence-corrected chi connectivity index (χ2v) is 7.80. The van der Waals surface area contributed by atoms with Gasteiger partial charge in [0.05, 0.1) is 0 Å². The summed E-state index contributed by atoms with van der Waals surface area (Å²) in [7, 11) is 1.72. The molecule has 0 aliphatic carbocycles. The van der Waals surface area contributed by atoms with Gasteiger partial charge < -0.3 is 20.5 Å². The first-order valence-electron chi connectivity index (χ1n) is 10.5. The average molecular weight is 454 g/mol. The molecule has 1 amide bonds. The number of H-pyrrole nitrogens is 1. The van der Waals surface area contributed by atoms with Crippen molar-refractivity contribution >= 4 is 40.0 Å². The minimum Gasteiger partial charge on any atom is -0.359 e. The molecule has 0 saturated heterocycles. The van der Waals surface area contributed by atoms with Crippen LogP contribution in [-0.2, 0) is 17.9 Å². The smallest absolute Gasteiger partial charge is 0.302 e. The third kappa shape index (κ3) is 5.76. The number of carbonyl (C=O) groups is 1. The molecule has 3 N–H and O–H groups in total. The number of benzene rings is 2. The van der Waals surface area contributed by atoms with Gasteiger partial charge in [-0.05, 0) is 59.7 Å². The summed E-state index contributed by atoms with van der Waals surface area (Å²) in [6.07, 6.45) is 3.65. The second-order valence-electron chi connectivity index (χ2n) is 7.40. The molecule has 0 aliphatic rings. The van der Waals surface area contributed by atoms with E-state index >= 15 is 0 Å². The van der Waals surface area contributed by atoms with Crippen LogP contribution in [0.5, 0.6) is 0 Å². The number of amides is 1. The van der Waals surface area contributed by atoms with Gasteiger partial charge in [0.2, 0.25) is 0 Å². The fourth-order valence-electron chi connectivity index (χ4n) is 3.32. The van der Waals surface area contributed by atoms with Crippen LogP contribution in [0.3, 0.4) is 0 Å². The van der Waals surface area contributed by atoms with E-state index in [2.05, 4.69) is 32.4 Å². The van der Waals surface area contributed by atoms with Crippen LogP contribution in [0.15, 0.2) is 79.1 Å². The van der Waals surface area contributed by atoms with Crippen LogP contribution in [0.1, 0.15) is 16.7 Å². The number of carbonyl (C=O) groups excluding carboxylic acids is 1. The number of nitrogens with zero attached hydrogens (tertiary/aromatic N) is 2. The zero-order chi connectivity index (χ0) is 23.0. The fourth-order valence-corrected chi connectivity index (χ4v) is 3.46. The third-order valence-corrected chi connectivity index (χ3v) is 5.42. The number of aromatic amines is 1. The zero-order valence-electron chi connectivity index (χ0n) is 18.1. The van der Waals surface area contributed by atoms with E-state index in [0.717, 1.165) is 33.4 Å². The van der Waals surface area contributed by atoms with Crippen molar-refractivity contribution in [3.05, 3.63) is 95.8 Å². The van der Waals surface area contributed by atoms with E-state index < -0.39 is 0 Å². The topological polar surface area (TPSA) is 73.1 Å². The molecule has 0 fully saturated rings. The Morgan fingerprint density at radius 1 is 1.06 bits per heavy atom. The molecule has 6 nitrogen and oxygen atoms in total. The number of rotatable bonds is 5. The Kier molecular flexibility index (Phi) is 6.98. The van der Waals surface area contributed by atoms with Crippen molar-refractivity contribution in [2.45, 2.75) is 13.1 Å². The monoisotopic (exact) mass is 453 g/mol. The number of thiocarbonyl (C=S) groups is 1. The predicted molar refractivity (Wildman–Crippen MR) is 136 cm³/mol. The normalized spacial score (nSPS) is 10.2. The first kappa shape index (κ1) is 22.1. The number of anilines is 1. The minimum absolute atomic E-state index is 0.269. The van der Waals surface area contributed by atoms with Crippen LogP contribution in [0.4, 0.5) is 5.69 Å². The van der Waals surface area contributed by atoms with E-state index in [9.17, 15) is 4.79 Å². The number of nitrogens with one attached hydrogen (secondary N) is 3. The molecule has 2 aromatic carbocycles. The van der Waals surface area contributed by atoms with Gasteiger partial charge in [-0.1, -0.05) is 36.3 Å². The largest absolute Gasteiger partial charge is 0.359 e. The summed E-state index contributed by atoms with van der Waals surface area (Å²) in [5, 5.41) is 8.08. The molecular formula is C26H23N5OS. The van der Waals surface area contributed by atoms with Crippen molar-refractivity contribution in [3.63, 3.8) is 0 Å². The van der Waals surface area contributed by atoms with E-state index in [1.165, 1.54) is 0 Å². The average Bonchev–Trinajstić information content (AvgIpc) is 3.35. The Balaban J connectivity index is 1.32. The third-order valence-electron chi connectivity index (χ3n) is 5.13. The molecule has 4 aromatic rings. The van der Waals surface area contributed by atoms with Gasteiger partial charge in [0, 0.05) is 55.1 Å². The number of hydrogen-bond donors (Lipinski definition) is 3. The van der Waals surface area contributed by atoms with Gasteiger partial charge >= 0.3 is 5.91 Å². The minimum atomic E-state index is -0.269. The summed E-state index contributed by atoms with van der Waals surface area (Å²) in [5.41, 5.74) is 4.56. The molecule has 7 heteroatoms. The van der Waals surface area contributed by atoms with Crippen LogP contribution >= 0.6 is 12.2 Å². The highest BCUT2D eigenvalue weighted by Gasteiger charge is 2.09. The maximum Gasteiger partial charge on any atom is 0.302 e.